The van der Waals surface area contributed by atoms with Gasteiger partial charge in [-0.3, -0.25) is 4.79 Å². The van der Waals surface area contributed by atoms with E-state index in [4.69, 9.17) is 16.7 Å². The average Bonchev–Trinajstić information content (AvgIpc) is 3.43. The molecule has 1 fully saturated rings. The molecule has 1 saturated heterocycles. The van der Waals surface area contributed by atoms with E-state index in [1.807, 2.05) is 77.4 Å². The highest BCUT2D eigenvalue weighted by molar-refractivity contribution is 6.30. The van der Waals surface area contributed by atoms with Crippen molar-refractivity contribution in [2.45, 2.75) is 19.3 Å². The molecular weight excluding hydrogens is 396 g/mol. The second-order valence-electron chi connectivity index (χ2n) is 7.83. The number of hydrogen-bond acceptors (Lipinski definition) is 3. The molecule has 1 amide bonds. The lowest BCUT2D eigenvalue weighted by Gasteiger charge is -2.21. The monoisotopic (exact) mass is 422 g/mol. The van der Waals surface area contributed by atoms with E-state index < -0.39 is 0 Å². The molecule has 30 heavy (non-hydrogen) atoms. The molecule has 0 unspecified atom stereocenters. The molecular formula is C24H27ClN4O. The minimum Gasteiger partial charge on any atom is -0.344 e. The van der Waals surface area contributed by atoms with Crippen LogP contribution in [0.15, 0.2) is 60.8 Å². The summed E-state index contributed by atoms with van der Waals surface area (Å²) in [7, 11) is 1.89. The SMILES string of the molecule is CN(CCN1CCCC1)C(=O)Cc1cn(-c2ccccc2)nc1-c1ccc(Cl)cc1. The molecule has 0 bridgehead atoms. The molecule has 0 saturated carbocycles. The van der Waals surface area contributed by atoms with Crippen LogP contribution in [0.2, 0.25) is 5.02 Å². The summed E-state index contributed by atoms with van der Waals surface area (Å²) in [5.74, 6) is 0.108. The zero-order valence-corrected chi connectivity index (χ0v) is 18.1. The highest BCUT2D eigenvalue weighted by Crippen LogP contribution is 2.26. The minimum atomic E-state index is 0.108. The number of amides is 1. The number of hydrogen-bond donors (Lipinski definition) is 0. The number of likely N-dealkylation sites (N-methyl/N-ethyl adjacent to an activating group) is 1. The fraction of sp³-hybridized carbons (Fsp3) is 0.333. The lowest BCUT2D eigenvalue weighted by Crippen LogP contribution is -2.36. The average molecular weight is 423 g/mol. The predicted octanol–water partition coefficient (Wildman–Crippen LogP) is 4.29. The summed E-state index contributed by atoms with van der Waals surface area (Å²) in [6, 6.07) is 17.6. The van der Waals surface area contributed by atoms with Crippen LogP contribution >= 0.6 is 11.6 Å². The number of carbonyl (C=O) groups is 1. The van der Waals surface area contributed by atoms with Crippen LogP contribution in [-0.4, -0.2) is 58.7 Å². The summed E-state index contributed by atoms with van der Waals surface area (Å²) >= 11 is 6.06. The Bertz CT molecular complexity index is 978. The van der Waals surface area contributed by atoms with Gasteiger partial charge in [0.25, 0.3) is 0 Å². The predicted molar refractivity (Wildman–Crippen MR) is 121 cm³/mol. The zero-order chi connectivity index (χ0) is 20.9. The van der Waals surface area contributed by atoms with Gasteiger partial charge in [-0.15, -0.1) is 0 Å². The maximum atomic E-state index is 12.9. The first-order valence-electron chi connectivity index (χ1n) is 10.5. The largest absolute Gasteiger partial charge is 0.344 e. The molecule has 1 aliphatic heterocycles. The van der Waals surface area contributed by atoms with Gasteiger partial charge in [0.2, 0.25) is 5.91 Å². The zero-order valence-electron chi connectivity index (χ0n) is 17.3. The van der Waals surface area contributed by atoms with Crippen LogP contribution in [0.1, 0.15) is 18.4 Å². The van der Waals surface area contributed by atoms with Crippen molar-refractivity contribution in [3.8, 4) is 16.9 Å². The molecule has 6 heteroatoms. The van der Waals surface area contributed by atoms with Gasteiger partial charge in [-0.1, -0.05) is 41.9 Å². The Labute approximate surface area is 182 Å². The number of benzene rings is 2. The van der Waals surface area contributed by atoms with Crippen molar-refractivity contribution in [1.82, 2.24) is 19.6 Å². The second kappa shape index (κ2) is 9.45. The molecule has 1 aliphatic rings. The molecule has 0 N–H and O–H groups in total. The van der Waals surface area contributed by atoms with Crippen molar-refractivity contribution in [2.75, 3.05) is 33.2 Å². The third-order valence-corrected chi connectivity index (χ3v) is 5.90. The molecule has 0 atom stereocenters. The molecule has 1 aromatic heterocycles. The van der Waals surface area contributed by atoms with Crippen LogP contribution in [0.3, 0.4) is 0 Å². The van der Waals surface area contributed by atoms with Crippen molar-refractivity contribution in [1.29, 1.82) is 0 Å². The normalized spacial score (nSPS) is 14.2. The summed E-state index contributed by atoms with van der Waals surface area (Å²) in [6.45, 7) is 3.98. The van der Waals surface area contributed by atoms with Gasteiger partial charge in [0.15, 0.2) is 0 Å². The van der Waals surface area contributed by atoms with Crippen LogP contribution in [0.5, 0.6) is 0 Å². The van der Waals surface area contributed by atoms with Crippen molar-refractivity contribution in [3.05, 3.63) is 71.4 Å². The van der Waals surface area contributed by atoms with Crippen molar-refractivity contribution in [2.24, 2.45) is 0 Å². The Morgan fingerprint density at radius 3 is 2.47 bits per heavy atom. The molecule has 0 aliphatic carbocycles. The van der Waals surface area contributed by atoms with E-state index in [1.54, 1.807) is 0 Å². The van der Waals surface area contributed by atoms with Crippen molar-refractivity contribution >= 4 is 17.5 Å². The standard InChI is InChI=1S/C24H27ClN4O/c1-27(15-16-28-13-5-6-14-28)23(30)17-20-18-29(22-7-3-2-4-8-22)26-24(20)19-9-11-21(25)12-10-19/h2-4,7-12,18H,5-6,13-17H2,1H3. The van der Waals surface area contributed by atoms with E-state index in [9.17, 15) is 4.79 Å². The number of halogens is 1. The van der Waals surface area contributed by atoms with Gasteiger partial charge in [-0.2, -0.15) is 5.10 Å². The third kappa shape index (κ3) is 4.91. The maximum Gasteiger partial charge on any atom is 0.226 e. The first-order chi connectivity index (χ1) is 14.6. The van der Waals surface area contributed by atoms with Crippen LogP contribution in [0.25, 0.3) is 16.9 Å². The number of likely N-dealkylation sites (tertiary alicyclic amines) is 1. The van der Waals surface area contributed by atoms with E-state index in [0.717, 1.165) is 48.7 Å². The Morgan fingerprint density at radius 1 is 1.07 bits per heavy atom. The summed E-state index contributed by atoms with van der Waals surface area (Å²) in [6.07, 6.45) is 4.81. The number of para-hydroxylation sites is 1. The molecule has 2 heterocycles. The van der Waals surface area contributed by atoms with Crippen LogP contribution in [0.4, 0.5) is 0 Å². The van der Waals surface area contributed by atoms with Crippen LogP contribution in [0, 0.1) is 0 Å². The fourth-order valence-corrected chi connectivity index (χ4v) is 3.95. The lowest BCUT2D eigenvalue weighted by molar-refractivity contribution is -0.129. The van der Waals surface area contributed by atoms with E-state index in [2.05, 4.69) is 4.90 Å². The van der Waals surface area contributed by atoms with Gasteiger partial charge in [-0.25, -0.2) is 4.68 Å². The first-order valence-corrected chi connectivity index (χ1v) is 10.8. The molecule has 5 nitrogen and oxygen atoms in total. The van der Waals surface area contributed by atoms with E-state index in [-0.39, 0.29) is 5.91 Å². The van der Waals surface area contributed by atoms with Gasteiger partial charge >= 0.3 is 0 Å². The Morgan fingerprint density at radius 2 is 1.77 bits per heavy atom. The molecule has 0 spiro atoms. The van der Waals surface area contributed by atoms with Gasteiger partial charge in [-0.05, 0) is 50.2 Å². The highest BCUT2D eigenvalue weighted by atomic mass is 35.5. The quantitative estimate of drug-likeness (QED) is 0.570. The van der Waals surface area contributed by atoms with E-state index in [1.165, 1.54) is 12.8 Å². The summed E-state index contributed by atoms with van der Waals surface area (Å²) in [5, 5.41) is 5.48. The molecule has 156 valence electrons. The molecule has 4 rings (SSSR count). The van der Waals surface area contributed by atoms with Gasteiger partial charge < -0.3 is 9.80 Å². The van der Waals surface area contributed by atoms with Crippen molar-refractivity contribution < 1.29 is 4.79 Å². The van der Waals surface area contributed by atoms with Gasteiger partial charge in [0, 0.05) is 42.5 Å². The summed E-state index contributed by atoms with van der Waals surface area (Å²) in [5.41, 5.74) is 3.65. The van der Waals surface area contributed by atoms with Crippen LogP contribution < -0.4 is 0 Å². The second-order valence-corrected chi connectivity index (χ2v) is 8.27. The number of rotatable bonds is 7. The number of nitrogens with zero attached hydrogens (tertiary/aromatic N) is 4. The maximum absolute atomic E-state index is 12.9. The summed E-state index contributed by atoms with van der Waals surface area (Å²) in [4.78, 5) is 17.2. The number of carbonyl (C=O) groups excluding carboxylic acids is 1. The fourth-order valence-electron chi connectivity index (χ4n) is 3.82. The minimum absolute atomic E-state index is 0.108. The molecule has 0 radical (unpaired) electrons. The van der Waals surface area contributed by atoms with Crippen LogP contribution in [-0.2, 0) is 11.2 Å². The Hall–Kier alpha value is -2.63. The summed E-state index contributed by atoms with van der Waals surface area (Å²) < 4.78 is 1.84. The Balaban J connectivity index is 1.55. The Kier molecular flexibility index (Phi) is 6.50. The smallest absolute Gasteiger partial charge is 0.226 e. The highest BCUT2D eigenvalue weighted by Gasteiger charge is 2.19. The topological polar surface area (TPSA) is 41.4 Å². The van der Waals surface area contributed by atoms with E-state index in [0.29, 0.717) is 11.4 Å². The lowest BCUT2D eigenvalue weighted by atomic mass is 10.1. The third-order valence-electron chi connectivity index (χ3n) is 5.65. The van der Waals surface area contributed by atoms with Gasteiger partial charge in [0.1, 0.15) is 0 Å². The van der Waals surface area contributed by atoms with E-state index >= 15 is 0 Å². The van der Waals surface area contributed by atoms with Gasteiger partial charge in [0.05, 0.1) is 17.8 Å². The van der Waals surface area contributed by atoms with Crippen molar-refractivity contribution in [3.63, 3.8) is 0 Å². The number of aromatic nitrogens is 2. The first kappa shape index (κ1) is 20.6. The molecule has 3 aromatic rings. The molecule has 2 aromatic carbocycles.